The van der Waals surface area contributed by atoms with Crippen molar-refractivity contribution in [1.82, 2.24) is 29.9 Å². The number of hydrogen-bond acceptors (Lipinski definition) is 9. The first-order chi connectivity index (χ1) is 49.0. The molecule has 0 saturated carbocycles. The molecule has 0 fully saturated rings. The van der Waals surface area contributed by atoms with Crippen molar-refractivity contribution in [3.8, 4) is 135 Å². The van der Waals surface area contributed by atoms with Crippen LogP contribution < -0.4 is 0 Å². The lowest BCUT2D eigenvalue weighted by Gasteiger charge is -2.12. The number of fused-ring (bicyclic) bond motifs is 9. The standard InChI is InChI=1S/C90H54N6O3/c1-4-19-55(20-5-1)56-39-41-57(42-40-56)64-47-49-78-75(53-64)82-70(32-17-37-80(82)97-78)59-43-45-61(46-44-59)86-91-85(60-23-8-3-9-24-60)92-87(93-86)66-27-14-25-62(51-66)63-26-15-28-67(52-63)88-94-89(96-90(95-88)74-35-16-33-72-71-31-12-13-36-77(71)99-84(72)74)73-34-18-38-81-83(73)76-54-65(48-50-79(76)98-81)69-30-11-10-29-68(69)58-21-6-2-7-22-58/h1-54H. The van der Waals surface area contributed by atoms with Crippen LogP contribution in [0.1, 0.15) is 0 Å². The first-order valence-corrected chi connectivity index (χ1v) is 33.0. The molecule has 0 spiro atoms. The Morgan fingerprint density at radius 1 is 0.162 bits per heavy atom. The van der Waals surface area contributed by atoms with Crippen LogP contribution in [0.25, 0.3) is 201 Å². The van der Waals surface area contributed by atoms with Crippen molar-refractivity contribution >= 4 is 65.8 Å². The number of benzene rings is 14. The molecule has 462 valence electrons. The number of furan rings is 3. The number of hydrogen-bond donors (Lipinski definition) is 0. The zero-order valence-corrected chi connectivity index (χ0v) is 53.1. The fourth-order valence-corrected chi connectivity index (χ4v) is 14.0. The number of aromatic nitrogens is 6. The van der Waals surface area contributed by atoms with Crippen LogP contribution >= 0.6 is 0 Å². The summed E-state index contributed by atoms with van der Waals surface area (Å²) in [6.07, 6.45) is 0. The number of nitrogens with zero attached hydrogens (tertiary/aromatic N) is 6. The SMILES string of the molecule is c1ccc(-c2ccc(-c3ccc4oc5cccc(-c6ccc(-c7nc(-c8ccccc8)nc(-c8cccc(-c9cccc(-c%10nc(-c%11cccc%12c%11oc%11ccccc%11%12)nc(-c%11cccc%12oc%13ccc(-c%14ccccc%14-c%14ccccc%14)cc%13c%11%12)n%10)c9)c8)n7)cc6)c5c4c3)cc2)cc1. The summed E-state index contributed by atoms with van der Waals surface area (Å²) in [5, 5.41) is 5.98. The van der Waals surface area contributed by atoms with Gasteiger partial charge in [-0.2, -0.15) is 0 Å². The molecule has 0 unspecified atom stereocenters. The monoisotopic (exact) mass is 1270 g/mol. The van der Waals surface area contributed by atoms with Crippen molar-refractivity contribution in [2.45, 2.75) is 0 Å². The maximum Gasteiger partial charge on any atom is 0.167 e. The molecule has 5 aromatic heterocycles. The smallest absolute Gasteiger partial charge is 0.167 e. The van der Waals surface area contributed by atoms with E-state index in [4.69, 9.17) is 43.2 Å². The number of rotatable bonds is 12. The average molecular weight is 1270 g/mol. The highest BCUT2D eigenvalue weighted by molar-refractivity contribution is 6.15. The van der Waals surface area contributed by atoms with Crippen LogP contribution in [0, 0.1) is 0 Å². The van der Waals surface area contributed by atoms with Crippen LogP contribution in [-0.2, 0) is 0 Å². The fraction of sp³-hybridized carbons (Fsp3) is 0. The fourth-order valence-electron chi connectivity index (χ4n) is 14.0. The summed E-state index contributed by atoms with van der Waals surface area (Å²) in [5.41, 5.74) is 22.7. The first-order valence-electron chi connectivity index (χ1n) is 33.0. The van der Waals surface area contributed by atoms with Crippen molar-refractivity contribution in [2.24, 2.45) is 0 Å². The maximum absolute atomic E-state index is 6.67. The van der Waals surface area contributed by atoms with Gasteiger partial charge in [-0.05, 0) is 127 Å². The van der Waals surface area contributed by atoms with Crippen molar-refractivity contribution in [2.75, 3.05) is 0 Å². The van der Waals surface area contributed by atoms with Gasteiger partial charge in [0.05, 0.1) is 5.56 Å². The molecule has 5 heterocycles. The Hall–Kier alpha value is -13.5. The lowest BCUT2D eigenvalue weighted by atomic mass is 9.93. The minimum absolute atomic E-state index is 0.476. The summed E-state index contributed by atoms with van der Waals surface area (Å²) in [6.45, 7) is 0. The van der Waals surface area contributed by atoms with Crippen LogP contribution in [0.5, 0.6) is 0 Å². The van der Waals surface area contributed by atoms with E-state index in [0.717, 1.165) is 149 Å². The van der Waals surface area contributed by atoms with E-state index in [1.54, 1.807) is 0 Å². The summed E-state index contributed by atoms with van der Waals surface area (Å²) in [5.74, 6) is 3.13. The first kappa shape index (κ1) is 57.0. The summed E-state index contributed by atoms with van der Waals surface area (Å²) < 4.78 is 19.8. The van der Waals surface area contributed by atoms with E-state index in [9.17, 15) is 0 Å². The second kappa shape index (κ2) is 23.8. The molecule has 19 aromatic rings. The van der Waals surface area contributed by atoms with Crippen LogP contribution in [0.15, 0.2) is 341 Å². The summed E-state index contributed by atoms with van der Waals surface area (Å²) in [6, 6.07) is 113. The molecule has 0 aliphatic carbocycles. The van der Waals surface area contributed by atoms with E-state index in [2.05, 4.69) is 237 Å². The molecule has 0 atom stereocenters. The van der Waals surface area contributed by atoms with Gasteiger partial charge in [0.15, 0.2) is 34.9 Å². The Morgan fingerprint density at radius 3 is 1.14 bits per heavy atom. The van der Waals surface area contributed by atoms with Gasteiger partial charge in [0.2, 0.25) is 0 Å². The van der Waals surface area contributed by atoms with Crippen molar-refractivity contribution in [1.29, 1.82) is 0 Å². The van der Waals surface area contributed by atoms with Gasteiger partial charge in [-0.15, -0.1) is 0 Å². The van der Waals surface area contributed by atoms with Crippen molar-refractivity contribution in [3.05, 3.63) is 328 Å². The van der Waals surface area contributed by atoms with Crippen LogP contribution in [0.2, 0.25) is 0 Å². The Balaban J connectivity index is 0.690. The molecular weight excluding hydrogens is 1210 g/mol. The third-order valence-corrected chi connectivity index (χ3v) is 18.9. The van der Waals surface area contributed by atoms with Gasteiger partial charge in [-0.3, -0.25) is 0 Å². The molecule has 0 N–H and O–H groups in total. The van der Waals surface area contributed by atoms with E-state index in [1.807, 2.05) is 91.0 Å². The van der Waals surface area contributed by atoms with Crippen LogP contribution in [0.3, 0.4) is 0 Å². The molecule has 0 bridgehead atoms. The Bertz CT molecular complexity index is 6340. The largest absolute Gasteiger partial charge is 0.456 e. The van der Waals surface area contributed by atoms with Crippen LogP contribution in [-0.4, -0.2) is 29.9 Å². The third kappa shape index (κ3) is 10.3. The van der Waals surface area contributed by atoms with E-state index < -0.39 is 0 Å². The molecule has 0 radical (unpaired) electrons. The normalized spacial score (nSPS) is 11.6. The second-order valence-corrected chi connectivity index (χ2v) is 24.8. The second-order valence-electron chi connectivity index (χ2n) is 24.8. The van der Waals surface area contributed by atoms with Gasteiger partial charge < -0.3 is 13.3 Å². The molecule has 19 rings (SSSR count). The molecular formula is C90H54N6O3. The quantitative estimate of drug-likeness (QED) is 0.118. The average Bonchev–Trinajstić information content (AvgIpc) is 1.65. The molecule has 9 nitrogen and oxygen atoms in total. The summed E-state index contributed by atoms with van der Waals surface area (Å²) in [7, 11) is 0. The summed E-state index contributed by atoms with van der Waals surface area (Å²) in [4.78, 5) is 31.7. The molecule has 0 amide bonds. The number of para-hydroxylation sites is 2. The highest BCUT2D eigenvalue weighted by atomic mass is 16.3. The molecule has 9 heteroatoms. The van der Waals surface area contributed by atoms with E-state index in [0.29, 0.717) is 40.5 Å². The van der Waals surface area contributed by atoms with E-state index >= 15 is 0 Å². The molecule has 0 aliphatic rings. The molecule has 0 aliphatic heterocycles. The minimum atomic E-state index is 0.476. The summed E-state index contributed by atoms with van der Waals surface area (Å²) >= 11 is 0. The highest BCUT2D eigenvalue weighted by Gasteiger charge is 2.23. The molecule has 0 saturated heterocycles. The van der Waals surface area contributed by atoms with Gasteiger partial charge in [0.25, 0.3) is 0 Å². The molecule has 99 heavy (non-hydrogen) atoms. The van der Waals surface area contributed by atoms with Gasteiger partial charge in [-0.25, -0.2) is 29.9 Å². The predicted molar refractivity (Wildman–Crippen MR) is 400 cm³/mol. The van der Waals surface area contributed by atoms with Gasteiger partial charge >= 0.3 is 0 Å². The van der Waals surface area contributed by atoms with Crippen molar-refractivity contribution in [3.63, 3.8) is 0 Å². The lowest BCUT2D eigenvalue weighted by molar-refractivity contribution is 0.668. The predicted octanol–water partition coefficient (Wildman–Crippen LogP) is 23.8. The third-order valence-electron chi connectivity index (χ3n) is 18.9. The van der Waals surface area contributed by atoms with Crippen molar-refractivity contribution < 1.29 is 13.3 Å². The highest BCUT2D eigenvalue weighted by Crippen LogP contribution is 2.44. The lowest BCUT2D eigenvalue weighted by Crippen LogP contribution is -2.01. The zero-order chi connectivity index (χ0) is 65.3. The van der Waals surface area contributed by atoms with Gasteiger partial charge in [-0.1, -0.05) is 267 Å². The Kier molecular flexibility index (Phi) is 13.7. The van der Waals surface area contributed by atoms with Gasteiger partial charge in [0, 0.05) is 60.1 Å². The van der Waals surface area contributed by atoms with Crippen LogP contribution in [0.4, 0.5) is 0 Å². The topological polar surface area (TPSA) is 117 Å². The van der Waals surface area contributed by atoms with Gasteiger partial charge in [0.1, 0.15) is 33.5 Å². The van der Waals surface area contributed by atoms with E-state index in [1.165, 1.54) is 11.1 Å². The Morgan fingerprint density at radius 2 is 0.495 bits per heavy atom. The minimum Gasteiger partial charge on any atom is -0.456 e. The van der Waals surface area contributed by atoms with E-state index in [-0.39, 0.29) is 0 Å². The molecule has 14 aromatic carbocycles. The Labute approximate surface area is 568 Å². The maximum atomic E-state index is 6.67. The zero-order valence-electron chi connectivity index (χ0n) is 53.1.